The van der Waals surface area contributed by atoms with Crippen LogP contribution in [-0.4, -0.2) is 25.5 Å². The third kappa shape index (κ3) is 3.75. The molecule has 5 aromatic rings. The van der Waals surface area contributed by atoms with Crippen molar-refractivity contribution >= 4 is 11.4 Å². The van der Waals surface area contributed by atoms with Gasteiger partial charge in [-0.3, -0.25) is 15.0 Å². The van der Waals surface area contributed by atoms with Crippen LogP contribution in [0.4, 0.5) is 5.69 Å². The first-order valence-corrected chi connectivity index (χ1v) is 11.2. The van der Waals surface area contributed by atoms with Crippen molar-refractivity contribution in [1.29, 1.82) is 0 Å². The fraction of sp³-hybridized carbons (Fsp3) is 0.0714. The average Bonchev–Trinajstić information content (AvgIpc) is 3.56. The molecule has 2 aromatic carbocycles. The largest absolute Gasteiger partial charge is 0.265 e. The van der Waals surface area contributed by atoms with Gasteiger partial charge in [0.15, 0.2) is 0 Å². The maximum atomic E-state index is 5.06. The van der Waals surface area contributed by atoms with Crippen LogP contribution in [0.5, 0.6) is 0 Å². The molecule has 0 spiro atoms. The first-order valence-electron chi connectivity index (χ1n) is 11.2. The van der Waals surface area contributed by atoms with Gasteiger partial charge in [0, 0.05) is 54.1 Å². The van der Waals surface area contributed by atoms with E-state index < -0.39 is 0 Å². The van der Waals surface area contributed by atoms with Crippen LogP contribution in [0.15, 0.2) is 121 Å². The van der Waals surface area contributed by atoms with Gasteiger partial charge in [-0.05, 0) is 42.5 Å². The minimum absolute atomic E-state index is 0.0155. The molecule has 6 rings (SSSR count). The summed E-state index contributed by atoms with van der Waals surface area (Å²) < 4.78 is 1.95. The molecule has 0 amide bonds. The molecule has 34 heavy (non-hydrogen) atoms. The zero-order valence-corrected chi connectivity index (χ0v) is 18.4. The van der Waals surface area contributed by atoms with E-state index in [0.717, 1.165) is 45.9 Å². The molecule has 1 atom stereocenters. The van der Waals surface area contributed by atoms with Gasteiger partial charge >= 0.3 is 0 Å². The van der Waals surface area contributed by atoms with Crippen LogP contribution < -0.4 is 5.01 Å². The molecule has 4 heterocycles. The second kappa shape index (κ2) is 8.75. The Bertz CT molecular complexity index is 1410. The first-order chi connectivity index (χ1) is 16.9. The van der Waals surface area contributed by atoms with E-state index in [1.807, 2.05) is 77.9 Å². The molecule has 6 nitrogen and oxygen atoms in total. The molecule has 0 unspecified atom stereocenters. The Labute approximate surface area is 197 Å². The second-order valence-corrected chi connectivity index (χ2v) is 8.14. The summed E-state index contributed by atoms with van der Waals surface area (Å²) in [6.45, 7) is 0. The van der Waals surface area contributed by atoms with Crippen molar-refractivity contribution in [3.8, 4) is 16.9 Å². The number of hydrogen-bond donors (Lipinski definition) is 0. The van der Waals surface area contributed by atoms with Gasteiger partial charge in [-0.2, -0.15) is 10.2 Å². The van der Waals surface area contributed by atoms with Crippen LogP contribution in [0.2, 0.25) is 0 Å². The summed E-state index contributed by atoms with van der Waals surface area (Å²) in [4.78, 5) is 8.51. The average molecular weight is 443 g/mol. The minimum Gasteiger partial charge on any atom is -0.265 e. The number of pyridine rings is 2. The van der Waals surface area contributed by atoms with E-state index in [-0.39, 0.29) is 6.04 Å². The molecule has 1 aliphatic rings. The smallest absolute Gasteiger partial charge is 0.0982 e. The highest BCUT2D eigenvalue weighted by Crippen LogP contribution is 2.40. The molecule has 1 aliphatic heterocycles. The number of rotatable bonds is 5. The molecule has 3 aromatic heterocycles. The predicted molar refractivity (Wildman–Crippen MR) is 134 cm³/mol. The fourth-order valence-electron chi connectivity index (χ4n) is 4.36. The molecule has 0 N–H and O–H groups in total. The van der Waals surface area contributed by atoms with Gasteiger partial charge < -0.3 is 0 Å². The number of hydrogen-bond acceptors (Lipinski definition) is 5. The third-order valence-corrected chi connectivity index (χ3v) is 6.00. The second-order valence-electron chi connectivity index (χ2n) is 8.14. The number of anilines is 1. The lowest BCUT2D eigenvalue weighted by Gasteiger charge is -2.23. The van der Waals surface area contributed by atoms with Crippen molar-refractivity contribution in [3.63, 3.8) is 0 Å². The Hall–Kier alpha value is -4.58. The molecule has 0 saturated carbocycles. The van der Waals surface area contributed by atoms with E-state index in [2.05, 4.69) is 51.5 Å². The molecule has 6 heteroatoms. The van der Waals surface area contributed by atoms with Crippen LogP contribution in [0.25, 0.3) is 16.9 Å². The predicted octanol–water partition coefficient (Wildman–Crippen LogP) is 5.69. The van der Waals surface area contributed by atoms with E-state index in [4.69, 9.17) is 10.2 Å². The summed E-state index contributed by atoms with van der Waals surface area (Å²) >= 11 is 0. The molecular formula is C28H22N6. The lowest BCUT2D eigenvalue weighted by atomic mass is 9.97. The highest BCUT2D eigenvalue weighted by atomic mass is 15.5. The summed E-state index contributed by atoms with van der Waals surface area (Å²) in [7, 11) is 0. The van der Waals surface area contributed by atoms with E-state index >= 15 is 0 Å². The SMILES string of the molecule is c1ccc(N2N=C(c3cccnc3)C[C@H]2c2cn(-c3ccccc3)nc2-c2ccncc2)cc1. The van der Waals surface area contributed by atoms with Crippen LogP contribution in [0.3, 0.4) is 0 Å². The quantitative estimate of drug-likeness (QED) is 0.351. The molecule has 0 saturated heterocycles. The van der Waals surface area contributed by atoms with Crippen molar-refractivity contribution in [2.45, 2.75) is 12.5 Å². The Balaban J connectivity index is 1.50. The number of hydrazone groups is 1. The number of benzene rings is 2. The summed E-state index contributed by atoms with van der Waals surface area (Å²) in [5.74, 6) is 0. The zero-order valence-electron chi connectivity index (χ0n) is 18.4. The van der Waals surface area contributed by atoms with Crippen molar-refractivity contribution in [2.75, 3.05) is 5.01 Å². The van der Waals surface area contributed by atoms with E-state index in [0.29, 0.717) is 0 Å². The topological polar surface area (TPSA) is 59.2 Å². The highest BCUT2D eigenvalue weighted by Gasteiger charge is 2.33. The maximum absolute atomic E-state index is 5.06. The molecular weight excluding hydrogens is 420 g/mol. The third-order valence-electron chi connectivity index (χ3n) is 6.00. The maximum Gasteiger partial charge on any atom is 0.0982 e. The molecule has 164 valence electrons. The van der Waals surface area contributed by atoms with Crippen molar-refractivity contribution in [2.24, 2.45) is 5.10 Å². The summed E-state index contributed by atoms with van der Waals surface area (Å²) in [6, 6.07) is 28.5. The van der Waals surface area contributed by atoms with E-state index in [1.54, 1.807) is 6.20 Å². The van der Waals surface area contributed by atoms with Crippen molar-refractivity contribution in [1.82, 2.24) is 19.7 Å². The van der Waals surface area contributed by atoms with Gasteiger partial charge in [-0.1, -0.05) is 42.5 Å². The van der Waals surface area contributed by atoms with Gasteiger partial charge in [0.25, 0.3) is 0 Å². The van der Waals surface area contributed by atoms with Gasteiger partial charge in [0.05, 0.1) is 28.8 Å². The first kappa shape index (κ1) is 20.1. The monoisotopic (exact) mass is 442 g/mol. The van der Waals surface area contributed by atoms with E-state index in [1.165, 1.54) is 0 Å². The molecule has 0 bridgehead atoms. The number of nitrogens with zero attached hydrogens (tertiary/aromatic N) is 6. The zero-order chi connectivity index (χ0) is 22.7. The van der Waals surface area contributed by atoms with E-state index in [9.17, 15) is 0 Å². The van der Waals surface area contributed by atoms with Crippen LogP contribution in [-0.2, 0) is 0 Å². The normalized spacial score (nSPS) is 15.4. The summed E-state index contributed by atoms with van der Waals surface area (Å²) in [5.41, 5.74) is 7.17. The van der Waals surface area contributed by atoms with Gasteiger partial charge in [0.1, 0.15) is 0 Å². The lowest BCUT2D eigenvalue weighted by Crippen LogP contribution is -2.18. The van der Waals surface area contributed by atoms with Crippen LogP contribution in [0.1, 0.15) is 23.6 Å². The fourth-order valence-corrected chi connectivity index (χ4v) is 4.36. The van der Waals surface area contributed by atoms with Crippen LogP contribution >= 0.6 is 0 Å². The summed E-state index contributed by atoms with van der Waals surface area (Å²) in [5, 5.41) is 12.2. The highest BCUT2D eigenvalue weighted by molar-refractivity contribution is 6.03. The van der Waals surface area contributed by atoms with Gasteiger partial charge in [0.2, 0.25) is 0 Å². The van der Waals surface area contributed by atoms with Crippen LogP contribution in [0, 0.1) is 0 Å². The standard InChI is InChI=1S/C28H22N6/c1-3-9-23(10-4-1)33-20-25(28(32-33)21-13-16-29-17-14-21)27-18-26(22-8-7-15-30-19-22)31-34(27)24-11-5-2-6-12-24/h1-17,19-20,27H,18H2/t27-/m0/s1. The van der Waals surface area contributed by atoms with Gasteiger partial charge in [-0.25, -0.2) is 4.68 Å². The molecule has 0 aliphatic carbocycles. The number of para-hydroxylation sites is 2. The minimum atomic E-state index is -0.0155. The number of aromatic nitrogens is 4. The summed E-state index contributed by atoms with van der Waals surface area (Å²) in [6.07, 6.45) is 10.2. The van der Waals surface area contributed by atoms with Gasteiger partial charge in [-0.15, -0.1) is 0 Å². The Kier molecular flexibility index (Phi) is 5.16. The Morgan fingerprint density at radius 2 is 1.41 bits per heavy atom. The van der Waals surface area contributed by atoms with Crippen molar-refractivity contribution in [3.05, 3.63) is 127 Å². The molecule has 0 radical (unpaired) electrons. The lowest BCUT2D eigenvalue weighted by molar-refractivity contribution is 0.709. The van der Waals surface area contributed by atoms with Crippen molar-refractivity contribution < 1.29 is 0 Å². The Morgan fingerprint density at radius 1 is 0.676 bits per heavy atom. The molecule has 0 fully saturated rings. The Morgan fingerprint density at radius 3 is 2.12 bits per heavy atom.